The average Bonchev–Trinajstić information content (AvgIpc) is 2.31. The van der Waals surface area contributed by atoms with Gasteiger partial charge in [-0.25, -0.2) is 0 Å². The van der Waals surface area contributed by atoms with Crippen molar-refractivity contribution in [3.63, 3.8) is 0 Å². The molecule has 0 aliphatic carbocycles. The monoisotopic (exact) mass is 266 g/mol. The van der Waals surface area contributed by atoms with Crippen LogP contribution < -0.4 is 11.1 Å². The molecule has 5 heteroatoms. The number of esters is 1. The highest BCUT2D eigenvalue weighted by atomic mass is 35.5. The van der Waals surface area contributed by atoms with E-state index in [4.69, 9.17) is 10.5 Å². The number of carbonyl (C=O) groups is 1. The van der Waals surface area contributed by atoms with E-state index in [2.05, 4.69) is 12.2 Å². The molecule has 0 aromatic heterocycles. The second-order valence-corrected chi connectivity index (χ2v) is 3.94. The topological polar surface area (TPSA) is 64.3 Å². The van der Waals surface area contributed by atoms with Gasteiger partial charge in [0.25, 0.3) is 0 Å². The van der Waals surface area contributed by atoms with Crippen molar-refractivity contribution in [1.29, 1.82) is 0 Å². The summed E-state index contributed by atoms with van der Waals surface area (Å²) in [5, 5.41) is 3.24. The molecule has 0 aromatic rings. The van der Waals surface area contributed by atoms with Crippen LogP contribution in [0.5, 0.6) is 0 Å². The van der Waals surface area contributed by atoms with Gasteiger partial charge in [0.05, 0.1) is 6.54 Å². The highest BCUT2D eigenvalue weighted by molar-refractivity contribution is 5.85. The first-order valence-corrected chi connectivity index (χ1v) is 6.37. The van der Waals surface area contributed by atoms with E-state index in [9.17, 15) is 4.79 Å². The van der Waals surface area contributed by atoms with Gasteiger partial charge < -0.3 is 15.8 Å². The van der Waals surface area contributed by atoms with Crippen molar-refractivity contribution in [1.82, 2.24) is 5.32 Å². The normalized spacial score (nSPS) is 9.76. The number of hydrogen-bond donors (Lipinski definition) is 2. The minimum atomic E-state index is -0.332. The number of unbranched alkanes of at least 4 members (excludes halogenated alkanes) is 5. The molecule has 0 saturated heterocycles. The summed E-state index contributed by atoms with van der Waals surface area (Å²) in [5.41, 5.74) is 5.10. The van der Waals surface area contributed by atoms with Crippen molar-refractivity contribution in [2.45, 2.75) is 45.4 Å². The molecular weight excluding hydrogens is 240 g/mol. The quantitative estimate of drug-likeness (QED) is 0.443. The molecule has 0 saturated carbocycles. The SMILES string of the molecule is CCCCCCCCNCCOC(=O)CN.Cl. The van der Waals surface area contributed by atoms with Crippen LogP contribution in [0.3, 0.4) is 0 Å². The van der Waals surface area contributed by atoms with Gasteiger partial charge in [0, 0.05) is 6.54 Å². The minimum Gasteiger partial charge on any atom is -0.463 e. The van der Waals surface area contributed by atoms with Crippen LogP contribution in [-0.4, -0.2) is 32.2 Å². The molecule has 0 atom stereocenters. The molecule has 0 aromatic carbocycles. The van der Waals surface area contributed by atoms with Gasteiger partial charge in [0.15, 0.2) is 0 Å². The maximum absolute atomic E-state index is 10.7. The third-order valence-corrected chi connectivity index (χ3v) is 2.42. The maximum atomic E-state index is 10.7. The van der Waals surface area contributed by atoms with Crippen LogP contribution in [-0.2, 0) is 9.53 Å². The second-order valence-electron chi connectivity index (χ2n) is 3.94. The fourth-order valence-corrected chi connectivity index (χ4v) is 1.45. The first-order chi connectivity index (χ1) is 7.81. The van der Waals surface area contributed by atoms with Gasteiger partial charge in [0.1, 0.15) is 6.61 Å². The van der Waals surface area contributed by atoms with E-state index in [1.807, 2.05) is 0 Å². The van der Waals surface area contributed by atoms with E-state index >= 15 is 0 Å². The minimum absolute atomic E-state index is 0. The lowest BCUT2D eigenvalue weighted by Gasteiger charge is -2.05. The zero-order chi connectivity index (χ0) is 12.1. The fraction of sp³-hybridized carbons (Fsp3) is 0.917. The molecule has 4 nitrogen and oxygen atoms in total. The van der Waals surface area contributed by atoms with Crippen LogP contribution in [0, 0.1) is 0 Å². The first kappa shape index (κ1) is 19.0. The Labute approximate surface area is 111 Å². The molecule has 0 spiro atoms. The van der Waals surface area contributed by atoms with Gasteiger partial charge in [-0.1, -0.05) is 39.0 Å². The number of hydrogen-bond acceptors (Lipinski definition) is 4. The summed E-state index contributed by atoms with van der Waals surface area (Å²) in [4.78, 5) is 10.7. The highest BCUT2D eigenvalue weighted by Gasteiger charge is 1.96. The zero-order valence-electron chi connectivity index (χ0n) is 10.9. The molecule has 0 amide bonds. The summed E-state index contributed by atoms with van der Waals surface area (Å²) in [6.45, 7) is 4.35. The van der Waals surface area contributed by atoms with Crippen LogP contribution in [0.1, 0.15) is 45.4 Å². The Kier molecular flexibility index (Phi) is 17.6. The number of halogens is 1. The van der Waals surface area contributed by atoms with E-state index in [1.54, 1.807) is 0 Å². The predicted octanol–water partition coefficient (Wildman–Crippen LogP) is 1.86. The standard InChI is InChI=1S/C12H26N2O2.ClH/c1-2-3-4-5-6-7-8-14-9-10-16-12(15)11-13;/h14H,2-11,13H2,1H3;1H. The van der Waals surface area contributed by atoms with Gasteiger partial charge in [-0.3, -0.25) is 4.79 Å². The van der Waals surface area contributed by atoms with Gasteiger partial charge >= 0.3 is 5.97 Å². The van der Waals surface area contributed by atoms with Gasteiger partial charge in [-0.05, 0) is 13.0 Å². The second kappa shape index (κ2) is 15.7. The highest BCUT2D eigenvalue weighted by Crippen LogP contribution is 2.03. The Hall–Kier alpha value is -0.320. The fourth-order valence-electron chi connectivity index (χ4n) is 1.45. The van der Waals surface area contributed by atoms with Crippen LogP contribution in [0.4, 0.5) is 0 Å². The van der Waals surface area contributed by atoms with Crippen LogP contribution in [0.25, 0.3) is 0 Å². The third-order valence-electron chi connectivity index (χ3n) is 2.42. The lowest BCUT2D eigenvalue weighted by molar-refractivity contribution is -0.141. The Morgan fingerprint density at radius 1 is 1.12 bits per heavy atom. The summed E-state index contributed by atoms with van der Waals surface area (Å²) in [6.07, 6.45) is 7.82. The Bertz CT molecular complexity index is 169. The van der Waals surface area contributed by atoms with Crippen molar-refractivity contribution in [2.75, 3.05) is 26.2 Å². The molecule has 0 heterocycles. The molecular formula is C12H27ClN2O2. The number of rotatable bonds is 11. The molecule has 0 rings (SSSR count). The maximum Gasteiger partial charge on any atom is 0.319 e. The van der Waals surface area contributed by atoms with E-state index in [-0.39, 0.29) is 24.9 Å². The largest absolute Gasteiger partial charge is 0.463 e. The summed E-state index contributed by atoms with van der Waals surface area (Å²) >= 11 is 0. The van der Waals surface area contributed by atoms with Crippen molar-refractivity contribution in [3.05, 3.63) is 0 Å². The molecule has 0 bridgehead atoms. The molecule has 3 N–H and O–H groups in total. The summed E-state index contributed by atoms with van der Waals surface area (Å²) in [5.74, 6) is -0.332. The molecule has 0 aliphatic rings. The van der Waals surface area contributed by atoms with E-state index < -0.39 is 0 Å². The lowest BCUT2D eigenvalue weighted by Crippen LogP contribution is -2.24. The van der Waals surface area contributed by atoms with Crippen molar-refractivity contribution in [2.24, 2.45) is 5.73 Å². The summed E-state index contributed by atoms with van der Waals surface area (Å²) in [6, 6.07) is 0. The molecule has 0 fully saturated rings. The van der Waals surface area contributed by atoms with E-state index in [0.29, 0.717) is 6.61 Å². The zero-order valence-corrected chi connectivity index (χ0v) is 11.7. The molecule has 0 aliphatic heterocycles. The lowest BCUT2D eigenvalue weighted by atomic mass is 10.1. The number of nitrogens with two attached hydrogens (primary N) is 1. The number of nitrogens with one attached hydrogen (secondary N) is 1. The third kappa shape index (κ3) is 15.7. The van der Waals surface area contributed by atoms with Crippen LogP contribution >= 0.6 is 12.4 Å². The number of ether oxygens (including phenoxy) is 1. The average molecular weight is 267 g/mol. The van der Waals surface area contributed by atoms with Crippen molar-refractivity contribution >= 4 is 18.4 Å². The predicted molar refractivity (Wildman–Crippen MR) is 73.5 cm³/mol. The van der Waals surface area contributed by atoms with E-state index in [0.717, 1.165) is 13.1 Å². The Balaban J connectivity index is 0. The molecule has 0 unspecified atom stereocenters. The van der Waals surface area contributed by atoms with E-state index in [1.165, 1.54) is 38.5 Å². The van der Waals surface area contributed by atoms with Gasteiger partial charge in [-0.15, -0.1) is 12.4 Å². The number of carbonyl (C=O) groups excluding carboxylic acids is 1. The van der Waals surface area contributed by atoms with Crippen LogP contribution in [0.2, 0.25) is 0 Å². The first-order valence-electron chi connectivity index (χ1n) is 6.37. The van der Waals surface area contributed by atoms with Crippen molar-refractivity contribution in [3.8, 4) is 0 Å². The summed E-state index contributed by atoms with van der Waals surface area (Å²) in [7, 11) is 0. The van der Waals surface area contributed by atoms with Crippen LogP contribution in [0.15, 0.2) is 0 Å². The summed E-state index contributed by atoms with van der Waals surface area (Å²) < 4.78 is 4.82. The Morgan fingerprint density at radius 3 is 2.41 bits per heavy atom. The molecule has 0 radical (unpaired) electrons. The molecule has 17 heavy (non-hydrogen) atoms. The Morgan fingerprint density at radius 2 is 1.76 bits per heavy atom. The smallest absolute Gasteiger partial charge is 0.319 e. The van der Waals surface area contributed by atoms with Gasteiger partial charge in [-0.2, -0.15) is 0 Å². The molecule has 104 valence electrons. The van der Waals surface area contributed by atoms with Crippen molar-refractivity contribution < 1.29 is 9.53 Å². The van der Waals surface area contributed by atoms with Gasteiger partial charge in [0.2, 0.25) is 0 Å².